The lowest BCUT2D eigenvalue weighted by atomic mass is 10.0. The number of ether oxygens (including phenoxy) is 2. The molecule has 1 fully saturated rings. The lowest BCUT2D eigenvalue weighted by Crippen LogP contribution is -2.46. The van der Waals surface area contributed by atoms with E-state index in [4.69, 9.17) is 9.47 Å². The molecule has 29 heavy (non-hydrogen) atoms. The molecule has 0 aromatic carbocycles. The van der Waals surface area contributed by atoms with Gasteiger partial charge in [0.25, 0.3) is 0 Å². The Balaban J connectivity index is 1.77. The minimum absolute atomic E-state index is 0.0724. The summed E-state index contributed by atoms with van der Waals surface area (Å²) >= 11 is 0. The van der Waals surface area contributed by atoms with Crippen molar-refractivity contribution in [2.45, 2.75) is 64.7 Å². The number of aliphatic hydroxyl groups excluding tert-OH is 1. The van der Waals surface area contributed by atoms with Crippen molar-refractivity contribution >= 4 is 11.0 Å². The first kappa shape index (κ1) is 21.9. The number of fused-ring (bicyclic) bond motifs is 1. The molecule has 2 aromatic rings. The van der Waals surface area contributed by atoms with E-state index in [1.165, 1.54) is 6.33 Å². The van der Waals surface area contributed by atoms with Gasteiger partial charge in [-0.2, -0.15) is 0 Å². The Hall–Kier alpha value is -1.78. The Morgan fingerprint density at radius 2 is 2.10 bits per heavy atom. The van der Waals surface area contributed by atoms with E-state index in [0.717, 1.165) is 18.4 Å². The van der Waals surface area contributed by atoms with E-state index in [9.17, 15) is 15.3 Å². The molecule has 3 rings (SSSR count). The summed E-state index contributed by atoms with van der Waals surface area (Å²) < 4.78 is 13.3. The molecule has 0 aliphatic carbocycles. The predicted octanol–water partition coefficient (Wildman–Crippen LogP) is 1.59. The van der Waals surface area contributed by atoms with E-state index >= 15 is 0 Å². The number of aromatic nitrogens is 3. The zero-order valence-electron chi connectivity index (χ0n) is 17.5. The summed E-state index contributed by atoms with van der Waals surface area (Å²) in [6.07, 6.45) is 5.93. The Morgan fingerprint density at radius 3 is 2.79 bits per heavy atom. The fourth-order valence-corrected chi connectivity index (χ4v) is 3.89. The fourth-order valence-electron chi connectivity index (χ4n) is 3.89. The van der Waals surface area contributed by atoms with Gasteiger partial charge in [-0.05, 0) is 26.7 Å². The smallest absolute Gasteiger partial charge is 0.239 e. The van der Waals surface area contributed by atoms with E-state index < -0.39 is 11.4 Å². The number of aliphatic hydroxyl groups is 2. The van der Waals surface area contributed by atoms with Gasteiger partial charge in [0, 0.05) is 38.0 Å². The summed E-state index contributed by atoms with van der Waals surface area (Å²) in [6, 6.07) is 0. The highest BCUT2D eigenvalue weighted by Gasteiger charge is 2.42. The van der Waals surface area contributed by atoms with E-state index in [1.54, 1.807) is 13.8 Å². The highest BCUT2D eigenvalue weighted by atomic mass is 16.6. The maximum absolute atomic E-state index is 10.3. The lowest BCUT2D eigenvalue weighted by Gasteiger charge is -2.34. The first-order valence-electron chi connectivity index (χ1n) is 10.1. The molecule has 0 spiro atoms. The van der Waals surface area contributed by atoms with Crippen LogP contribution in [0.3, 0.4) is 0 Å². The van der Waals surface area contributed by atoms with E-state index in [1.807, 2.05) is 10.8 Å². The molecule has 0 amide bonds. The van der Waals surface area contributed by atoms with Crippen LogP contribution in [-0.4, -0.2) is 72.4 Å². The molecule has 9 heteroatoms. The van der Waals surface area contributed by atoms with Crippen LogP contribution in [0.2, 0.25) is 0 Å². The average molecular weight is 408 g/mol. The second kappa shape index (κ2) is 8.93. The Morgan fingerprint density at radius 1 is 1.31 bits per heavy atom. The molecule has 0 bridgehead atoms. The summed E-state index contributed by atoms with van der Waals surface area (Å²) in [7, 11) is 0. The van der Waals surface area contributed by atoms with Crippen LogP contribution >= 0.6 is 0 Å². The second-order valence-corrected chi connectivity index (χ2v) is 8.26. The number of rotatable bonds is 10. The third kappa shape index (κ3) is 5.23. The van der Waals surface area contributed by atoms with E-state index in [2.05, 4.69) is 21.8 Å². The quantitative estimate of drug-likeness (QED) is 0.401. The van der Waals surface area contributed by atoms with E-state index in [0.29, 0.717) is 50.4 Å². The molecule has 162 valence electrons. The Bertz CT molecular complexity index is 819. The average Bonchev–Trinajstić information content (AvgIpc) is 3.21. The van der Waals surface area contributed by atoms with Crippen molar-refractivity contribution in [3.63, 3.8) is 0 Å². The molecule has 9 nitrogen and oxygen atoms in total. The van der Waals surface area contributed by atoms with E-state index in [-0.39, 0.29) is 12.5 Å². The highest BCUT2D eigenvalue weighted by Crippen LogP contribution is 2.32. The van der Waals surface area contributed by atoms with Gasteiger partial charge in [0.2, 0.25) is 5.88 Å². The molecule has 0 radical (unpaired) electrons. The third-order valence-corrected chi connectivity index (χ3v) is 5.12. The molecule has 0 saturated carbocycles. The third-order valence-electron chi connectivity index (χ3n) is 5.12. The van der Waals surface area contributed by atoms with Crippen LogP contribution < -0.4 is 0 Å². The van der Waals surface area contributed by atoms with Crippen molar-refractivity contribution in [2.75, 3.05) is 26.3 Å². The van der Waals surface area contributed by atoms with Gasteiger partial charge in [-0.3, -0.25) is 4.90 Å². The van der Waals surface area contributed by atoms with Crippen LogP contribution in [0.5, 0.6) is 5.88 Å². The largest absolute Gasteiger partial charge is 0.492 e. The molecule has 1 atom stereocenters. The van der Waals surface area contributed by atoms with Gasteiger partial charge in [-0.1, -0.05) is 13.3 Å². The molecule has 1 saturated heterocycles. The standard InChI is InChI=1S/C20H32N4O5/c1-4-5-8-28-14-24-10-15(16-17(24)18(26)22-13-21-16)9-23-7-6-20(11-23,12-25)29-19(2,3)27/h10,13,25,27H,4-9,11-12,14H2,1-3H3,(H,21,22,26)/t20-/m0/s1. The molecular weight excluding hydrogens is 376 g/mol. The van der Waals surface area contributed by atoms with Crippen molar-refractivity contribution in [2.24, 2.45) is 0 Å². The summed E-state index contributed by atoms with van der Waals surface area (Å²) in [4.78, 5) is 10.4. The van der Waals surface area contributed by atoms with Gasteiger partial charge in [-0.15, -0.1) is 0 Å². The number of hydrogen-bond acceptors (Lipinski definition) is 8. The number of nitrogens with zero attached hydrogens (tertiary/aromatic N) is 4. The summed E-state index contributed by atoms with van der Waals surface area (Å²) in [5, 5.41) is 30.2. The molecule has 3 N–H and O–H groups in total. The maximum atomic E-state index is 10.3. The van der Waals surface area contributed by atoms with Crippen molar-refractivity contribution in [3.05, 3.63) is 18.1 Å². The van der Waals surface area contributed by atoms with Crippen molar-refractivity contribution in [1.29, 1.82) is 0 Å². The molecule has 3 heterocycles. The van der Waals surface area contributed by atoms with Gasteiger partial charge >= 0.3 is 0 Å². The molecule has 1 aliphatic rings. The number of hydrogen-bond donors (Lipinski definition) is 3. The van der Waals surface area contributed by atoms with Crippen LogP contribution in [0.4, 0.5) is 0 Å². The maximum Gasteiger partial charge on any atom is 0.239 e. The number of likely N-dealkylation sites (tertiary alicyclic amines) is 1. The minimum atomic E-state index is -1.32. The summed E-state index contributed by atoms with van der Waals surface area (Å²) in [6.45, 7) is 7.83. The van der Waals surface area contributed by atoms with Crippen LogP contribution in [0.15, 0.2) is 12.5 Å². The molecule has 0 unspecified atom stereocenters. The zero-order valence-corrected chi connectivity index (χ0v) is 17.5. The topological polar surface area (TPSA) is 113 Å². The number of aromatic hydroxyl groups is 1. The highest BCUT2D eigenvalue weighted by molar-refractivity contribution is 5.83. The Kier molecular flexibility index (Phi) is 6.75. The van der Waals surface area contributed by atoms with Gasteiger partial charge in [0.05, 0.1) is 6.61 Å². The number of unbranched alkanes of at least 4 members (excludes halogenated alkanes) is 1. The predicted molar refractivity (Wildman–Crippen MR) is 107 cm³/mol. The van der Waals surface area contributed by atoms with Crippen molar-refractivity contribution < 1.29 is 24.8 Å². The fraction of sp³-hybridized carbons (Fsp3) is 0.700. The SMILES string of the molecule is CCCCOCn1cc(CN2CC[C@](CO)(OC(C)(C)O)C2)c2ncnc(O)c21. The molecule has 1 aliphatic heterocycles. The second-order valence-electron chi connectivity index (χ2n) is 8.26. The summed E-state index contributed by atoms with van der Waals surface area (Å²) in [5.74, 6) is -1.39. The van der Waals surface area contributed by atoms with Crippen molar-refractivity contribution in [3.8, 4) is 5.88 Å². The van der Waals surface area contributed by atoms with Crippen LogP contribution in [0.25, 0.3) is 11.0 Å². The van der Waals surface area contributed by atoms with Gasteiger partial charge in [0.1, 0.15) is 29.7 Å². The monoisotopic (exact) mass is 408 g/mol. The normalized spacial score (nSPS) is 20.7. The van der Waals surface area contributed by atoms with Crippen molar-refractivity contribution in [1.82, 2.24) is 19.4 Å². The molecular formula is C20H32N4O5. The van der Waals surface area contributed by atoms with Gasteiger partial charge in [0.15, 0.2) is 5.79 Å². The Labute approximate surface area is 170 Å². The van der Waals surface area contributed by atoms with Crippen LogP contribution in [0.1, 0.15) is 45.6 Å². The zero-order chi connectivity index (χ0) is 21.1. The van der Waals surface area contributed by atoms with Gasteiger partial charge in [-0.25, -0.2) is 9.97 Å². The first-order chi connectivity index (χ1) is 13.8. The lowest BCUT2D eigenvalue weighted by molar-refractivity contribution is -0.250. The summed E-state index contributed by atoms with van der Waals surface area (Å²) in [5.41, 5.74) is 1.38. The van der Waals surface area contributed by atoms with Crippen LogP contribution in [0, 0.1) is 0 Å². The van der Waals surface area contributed by atoms with Crippen LogP contribution in [-0.2, 0) is 22.7 Å². The minimum Gasteiger partial charge on any atom is -0.492 e. The first-order valence-corrected chi connectivity index (χ1v) is 10.1. The molecule has 2 aromatic heterocycles. The van der Waals surface area contributed by atoms with Gasteiger partial charge < -0.3 is 29.4 Å².